The van der Waals surface area contributed by atoms with Crippen LogP contribution >= 0.6 is 0 Å². The first-order valence-corrected chi connectivity index (χ1v) is 7.91. The highest BCUT2D eigenvalue weighted by atomic mass is 19.4. The number of carbonyl (C=O) groups is 1. The lowest BCUT2D eigenvalue weighted by Gasteiger charge is -2.25. The fraction of sp³-hybridized carbons (Fsp3) is 0.588. The summed E-state index contributed by atoms with van der Waals surface area (Å²) in [5.41, 5.74) is -2.09. The molecule has 0 radical (unpaired) electrons. The summed E-state index contributed by atoms with van der Waals surface area (Å²) in [6, 6.07) is 2.45. The van der Waals surface area contributed by atoms with Crippen LogP contribution in [0.5, 0.6) is 0 Å². The first-order valence-electron chi connectivity index (χ1n) is 7.91. The van der Waals surface area contributed by atoms with Crippen molar-refractivity contribution in [1.29, 1.82) is 0 Å². The molecule has 0 bridgehead atoms. The molecule has 1 fully saturated rings. The van der Waals surface area contributed by atoms with Crippen LogP contribution in [0.1, 0.15) is 44.4 Å². The van der Waals surface area contributed by atoms with Gasteiger partial charge in [0.1, 0.15) is 11.4 Å². The van der Waals surface area contributed by atoms with Crippen molar-refractivity contribution >= 4 is 6.09 Å². The number of halogens is 4. The van der Waals surface area contributed by atoms with Gasteiger partial charge in [0.25, 0.3) is 0 Å². The minimum absolute atomic E-state index is 0.0234. The van der Waals surface area contributed by atoms with Crippen molar-refractivity contribution in [2.24, 2.45) is 5.92 Å². The number of aliphatic hydroxyl groups is 1. The van der Waals surface area contributed by atoms with Crippen LogP contribution in [0, 0.1) is 11.7 Å². The van der Waals surface area contributed by atoms with Crippen LogP contribution < -0.4 is 0 Å². The summed E-state index contributed by atoms with van der Waals surface area (Å²) in [6.45, 7) is 5.68. The van der Waals surface area contributed by atoms with Gasteiger partial charge >= 0.3 is 12.3 Å². The van der Waals surface area contributed by atoms with Gasteiger partial charge in [-0.15, -0.1) is 0 Å². The van der Waals surface area contributed by atoms with E-state index in [2.05, 4.69) is 0 Å². The van der Waals surface area contributed by atoms with E-state index in [9.17, 15) is 27.5 Å². The number of alkyl halides is 3. The highest BCUT2D eigenvalue weighted by molar-refractivity contribution is 5.68. The lowest BCUT2D eigenvalue weighted by atomic mass is 9.94. The number of amides is 1. The Morgan fingerprint density at radius 1 is 1.32 bits per heavy atom. The summed E-state index contributed by atoms with van der Waals surface area (Å²) in [7, 11) is 0. The van der Waals surface area contributed by atoms with E-state index < -0.39 is 41.3 Å². The Morgan fingerprint density at radius 3 is 2.52 bits per heavy atom. The van der Waals surface area contributed by atoms with Crippen molar-refractivity contribution in [1.82, 2.24) is 4.90 Å². The highest BCUT2D eigenvalue weighted by Gasteiger charge is 2.37. The lowest BCUT2D eigenvalue weighted by molar-refractivity contribution is -0.140. The summed E-state index contributed by atoms with van der Waals surface area (Å²) in [4.78, 5) is 13.4. The van der Waals surface area contributed by atoms with E-state index in [4.69, 9.17) is 4.74 Å². The predicted octanol–water partition coefficient (Wildman–Crippen LogP) is 4.13. The zero-order chi connectivity index (χ0) is 19.0. The largest absolute Gasteiger partial charge is 0.444 e. The number of carbonyl (C=O) groups excluding carboxylic acids is 1. The first-order chi connectivity index (χ1) is 11.4. The predicted molar refractivity (Wildman–Crippen MR) is 82.3 cm³/mol. The zero-order valence-electron chi connectivity index (χ0n) is 14.2. The second-order valence-corrected chi connectivity index (χ2v) is 7.16. The van der Waals surface area contributed by atoms with Crippen molar-refractivity contribution in [2.45, 2.75) is 45.1 Å². The summed E-state index contributed by atoms with van der Waals surface area (Å²) in [5.74, 6) is -1.83. The number of benzene rings is 1. The summed E-state index contributed by atoms with van der Waals surface area (Å²) in [6.07, 6.45) is -6.18. The maximum absolute atomic E-state index is 13.4. The van der Waals surface area contributed by atoms with E-state index in [1.165, 1.54) is 4.90 Å². The van der Waals surface area contributed by atoms with E-state index in [1.54, 1.807) is 20.8 Å². The maximum Gasteiger partial charge on any atom is 0.419 e. The first kappa shape index (κ1) is 19.5. The van der Waals surface area contributed by atoms with Gasteiger partial charge in [-0.05, 0) is 44.9 Å². The van der Waals surface area contributed by atoms with Crippen molar-refractivity contribution in [3.05, 3.63) is 35.1 Å². The number of hydrogen-bond acceptors (Lipinski definition) is 3. The van der Waals surface area contributed by atoms with Crippen molar-refractivity contribution in [3.8, 4) is 0 Å². The number of aliphatic hydroxyl groups excluding tert-OH is 1. The fourth-order valence-electron chi connectivity index (χ4n) is 2.75. The zero-order valence-corrected chi connectivity index (χ0v) is 14.2. The van der Waals surface area contributed by atoms with Gasteiger partial charge in [-0.1, -0.05) is 6.07 Å². The highest BCUT2D eigenvalue weighted by Crippen LogP contribution is 2.36. The molecule has 1 heterocycles. The van der Waals surface area contributed by atoms with E-state index in [0.29, 0.717) is 25.1 Å². The molecule has 1 aromatic rings. The Hall–Kier alpha value is -1.83. The van der Waals surface area contributed by atoms with Gasteiger partial charge in [-0.2, -0.15) is 13.2 Å². The summed E-state index contributed by atoms with van der Waals surface area (Å²) >= 11 is 0. The van der Waals surface area contributed by atoms with Gasteiger partial charge in [0, 0.05) is 19.0 Å². The Kier molecular flexibility index (Phi) is 5.32. The minimum Gasteiger partial charge on any atom is -0.444 e. The van der Waals surface area contributed by atoms with Crippen LogP contribution in [-0.4, -0.2) is 34.8 Å². The van der Waals surface area contributed by atoms with Crippen molar-refractivity contribution in [2.75, 3.05) is 13.1 Å². The molecule has 2 rings (SSSR count). The smallest absolute Gasteiger partial charge is 0.419 e. The van der Waals surface area contributed by atoms with Crippen LogP contribution in [0.2, 0.25) is 0 Å². The molecule has 140 valence electrons. The van der Waals surface area contributed by atoms with Gasteiger partial charge in [0.05, 0.1) is 11.7 Å². The molecule has 1 saturated heterocycles. The van der Waals surface area contributed by atoms with Gasteiger partial charge in [0.15, 0.2) is 0 Å². The summed E-state index contributed by atoms with van der Waals surface area (Å²) in [5, 5.41) is 10.4. The van der Waals surface area contributed by atoms with E-state index in [1.807, 2.05) is 0 Å². The fourth-order valence-corrected chi connectivity index (χ4v) is 2.75. The lowest BCUT2D eigenvalue weighted by Crippen LogP contribution is -2.35. The van der Waals surface area contributed by atoms with E-state index >= 15 is 0 Å². The SMILES string of the molecule is CC(C)(C)OC(=O)N1CCC(C(O)c2ccc(F)c(C(F)(F)F)c2)C1. The summed E-state index contributed by atoms with van der Waals surface area (Å²) < 4.78 is 57.0. The molecule has 4 nitrogen and oxygen atoms in total. The molecule has 0 aliphatic carbocycles. The van der Waals surface area contributed by atoms with E-state index in [-0.39, 0.29) is 12.1 Å². The topological polar surface area (TPSA) is 49.8 Å². The Bertz CT molecular complexity index is 640. The Labute approximate surface area is 143 Å². The number of nitrogens with zero attached hydrogens (tertiary/aromatic N) is 1. The van der Waals surface area contributed by atoms with Crippen molar-refractivity contribution in [3.63, 3.8) is 0 Å². The maximum atomic E-state index is 13.4. The third-order valence-corrected chi connectivity index (χ3v) is 3.96. The second kappa shape index (κ2) is 6.82. The van der Waals surface area contributed by atoms with Crippen LogP contribution in [0.4, 0.5) is 22.4 Å². The molecular formula is C17H21F4NO3. The molecule has 8 heteroatoms. The average Bonchev–Trinajstić information content (AvgIpc) is 2.94. The molecule has 0 aromatic heterocycles. The monoisotopic (exact) mass is 363 g/mol. The molecule has 0 saturated carbocycles. The third kappa shape index (κ3) is 4.84. The Morgan fingerprint density at radius 2 is 1.96 bits per heavy atom. The minimum atomic E-state index is -4.84. The van der Waals surface area contributed by atoms with Gasteiger partial charge in [-0.25, -0.2) is 9.18 Å². The van der Waals surface area contributed by atoms with Gasteiger partial charge in [0.2, 0.25) is 0 Å². The molecule has 1 aliphatic rings. The van der Waals surface area contributed by atoms with Crippen LogP contribution in [0.25, 0.3) is 0 Å². The third-order valence-electron chi connectivity index (χ3n) is 3.96. The molecule has 0 spiro atoms. The van der Waals surface area contributed by atoms with Gasteiger partial charge < -0.3 is 14.7 Å². The average molecular weight is 363 g/mol. The molecule has 1 amide bonds. The number of ether oxygens (including phenoxy) is 1. The molecule has 1 N–H and O–H groups in total. The molecule has 25 heavy (non-hydrogen) atoms. The van der Waals surface area contributed by atoms with Crippen LogP contribution in [0.15, 0.2) is 18.2 Å². The quantitative estimate of drug-likeness (QED) is 0.804. The van der Waals surface area contributed by atoms with Crippen LogP contribution in [-0.2, 0) is 10.9 Å². The number of hydrogen-bond donors (Lipinski definition) is 1. The van der Waals surface area contributed by atoms with E-state index in [0.717, 1.165) is 6.07 Å². The molecule has 1 aromatic carbocycles. The number of likely N-dealkylation sites (tertiary alicyclic amines) is 1. The normalized spacial score (nSPS) is 19.8. The van der Waals surface area contributed by atoms with Gasteiger partial charge in [-0.3, -0.25) is 0 Å². The van der Waals surface area contributed by atoms with Crippen LogP contribution in [0.3, 0.4) is 0 Å². The molecule has 2 unspecified atom stereocenters. The van der Waals surface area contributed by atoms with Crippen molar-refractivity contribution < 1.29 is 32.2 Å². The Balaban J connectivity index is 2.10. The molecule has 2 atom stereocenters. The second-order valence-electron chi connectivity index (χ2n) is 7.16. The molecule has 1 aliphatic heterocycles. The number of rotatable bonds is 2. The standard InChI is InChI=1S/C17H21F4NO3/c1-16(2,3)25-15(24)22-7-6-11(9-22)14(23)10-4-5-13(18)12(8-10)17(19,20)21/h4-5,8,11,14,23H,6-7,9H2,1-3H3. The molecular weight excluding hydrogens is 342 g/mol.